The molecule has 2 atom stereocenters. The zero-order valence-electron chi connectivity index (χ0n) is 23.1. The van der Waals surface area contributed by atoms with Crippen molar-refractivity contribution in [1.29, 1.82) is 0 Å². The first-order chi connectivity index (χ1) is 20.4. The molecule has 1 aliphatic rings. The van der Waals surface area contributed by atoms with Gasteiger partial charge in [-0.05, 0) is 65.8 Å². The first-order valence-electron chi connectivity index (χ1n) is 13.8. The Bertz CT molecular complexity index is 1600. The second kappa shape index (κ2) is 12.8. The lowest BCUT2D eigenvalue weighted by Crippen LogP contribution is -2.50. The molecule has 1 amide bonds. The number of benzene rings is 3. The lowest BCUT2D eigenvalue weighted by Gasteiger charge is -2.27. The van der Waals surface area contributed by atoms with Gasteiger partial charge in [0.15, 0.2) is 5.69 Å². The molecule has 0 aliphatic carbocycles. The van der Waals surface area contributed by atoms with Gasteiger partial charge in [-0.2, -0.15) is 0 Å². The van der Waals surface area contributed by atoms with Gasteiger partial charge in [-0.3, -0.25) is 9.78 Å². The van der Waals surface area contributed by atoms with Crippen molar-refractivity contribution in [3.63, 3.8) is 0 Å². The molecule has 4 aromatic rings. The van der Waals surface area contributed by atoms with E-state index in [1.54, 1.807) is 42.7 Å². The lowest BCUT2D eigenvalue weighted by molar-refractivity contribution is 0.0331. The lowest BCUT2D eigenvalue weighted by atomic mass is 9.93. The van der Waals surface area contributed by atoms with Crippen LogP contribution in [0.25, 0.3) is 16.0 Å². The van der Waals surface area contributed by atoms with E-state index in [-0.39, 0.29) is 30.7 Å². The Morgan fingerprint density at radius 2 is 1.81 bits per heavy atom. The molecule has 3 aromatic carbocycles. The highest BCUT2D eigenvalue weighted by Gasteiger charge is 2.32. The summed E-state index contributed by atoms with van der Waals surface area (Å²) in [5.41, 5.74) is 9.15. The molecule has 5 rings (SSSR count). The predicted molar refractivity (Wildman–Crippen MR) is 160 cm³/mol. The summed E-state index contributed by atoms with van der Waals surface area (Å²) in [4.78, 5) is 37.0. The van der Waals surface area contributed by atoms with Gasteiger partial charge in [0.2, 0.25) is 0 Å². The number of aliphatic hydroxyl groups is 1. The van der Waals surface area contributed by atoms with Gasteiger partial charge < -0.3 is 20.5 Å². The number of nitrogens with two attached hydrogens (primary N) is 1. The molecule has 1 fully saturated rings. The van der Waals surface area contributed by atoms with E-state index in [2.05, 4.69) is 9.83 Å². The fourth-order valence-electron chi connectivity index (χ4n) is 5.38. The molecule has 42 heavy (non-hydrogen) atoms. The maximum atomic E-state index is 14.0. The average molecular weight is 561 g/mol. The fraction of sp³-hybridized carbons (Fsp3) is 0.235. The largest absolute Gasteiger partial charge is 0.460 e. The van der Waals surface area contributed by atoms with Crippen molar-refractivity contribution in [2.75, 3.05) is 19.8 Å². The Hall–Kier alpha value is -4.84. The number of hydrogen-bond donors (Lipinski definition) is 2. The third-order valence-corrected chi connectivity index (χ3v) is 7.54. The summed E-state index contributed by atoms with van der Waals surface area (Å²) in [5.74, 6) is -0.891. The molecule has 8 nitrogen and oxygen atoms in total. The number of nitrogens with zero attached hydrogens (tertiary/aromatic N) is 3. The van der Waals surface area contributed by atoms with E-state index in [1.807, 2.05) is 53.4 Å². The highest BCUT2D eigenvalue weighted by atomic mass is 16.5. The minimum absolute atomic E-state index is 0.124. The van der Waals surface area contributed by atoms with Crippen LogP contribution in [0, 0.1) is 6.57 Å². The first kappa shape index (κ1) is 28.7. The van der Waals surface area contributed by atoms with Crippen LogP contribution in [-0.4, -0.2) is 52.2 Å². The second-order valence-corrected chi connectivity index (χ2v) is 10.6. The normalized spacial score (nSPS) is 15.9. The van der Waals surface area contributed by atoms with Crippen molar-refractivity contribution >= 4 is 17.6 Å². The maximum absolute atomic E-state index is 14.0. The number of rotatable bonds is 9. The van der Waals surface area contributed by atoms with Gasteiger partial charge in [0, 0.05) is 24.5 Å². The molecule has 2 heterocycles. The summed E-state index contributed by atoms with van der Waals surface area (Å²) in [5, 5.41) is 10.0. The van der Waals surface area contributed by atoms with Crippen LogP contribution in [0.15, 0.2) is 97.3 Å². The molecule has 1 aromatic heterocycles. The summed E-state index contributed by atoms with van der Waals surface area (Å²) in [6.07, 6.45) is 5.45. The Kier molecular flexibility index (Phi) is 8.72. The molecule has 0 radical (unpaired) electrons. The Labute approximate surface area is 245 Å². The minimum atomic E-state index is -1.18. The smallest absolute Gasteiger partial charge is 0.338 e. The third kappa shape index (κ3) is 6.39. The number of aliphatic hydroxyl groups excluding tert-OH is 1. The van der Waals surface area contributed by atoms with E-state index in [4.69, 9.17) is 17.0 Å². The van der Waals surface area contributed by atoms with Crippen LogP contribution in [-0.2, 0) is 11.2 Å². The van der Waals surface area contributed by atoms with E-state index in [9.17, 15) is 14.7 Å². The SMILES string of the molecule is [C-]#[N+]c1ccccc1-c1cc(C(=O)OCC(N)(CO)Cc2ccccc2)cc(C(=O)N2CCCC2c2cccnc2)c1. The molecule has 0 saturated carbocycles. The summed E-state index contributed by atoms with van der Waals surface area (Å²) in [6.45, 7) is 7.60. The Morgan fingerprint density at radius 3 is 2.55 bits per heavy atom. The van der Waals surface area contributed by atoms with E-state index in [1.165, 1.54) is 6.07 Å². The van der Waals surface area contributed by atoms with Crippen LogP contribution in [0.1, 0.15) is 50.7 Å². The highest BCUT2D eigenvalue weighted by molar-refractivity contribution is 6.01. The summed E-state index contributed by atoms with van der Waals surface area (Å²) in [6, 6.07) is 25.1. The van der Waals surface area contributed by atoms with Crippen LogP contribution < -0.4 is 5.73 Å². The standard InChI is InChI=1S/C34H32N4O4/c1-36-30-13-6-5-12-29(30)26-17-27(32(40)38-16-8-14-31(38)25-11-7-15-37-21-25)19-28(18-26)33(41)42-23-34(35,22-39)20-24-9-3-2-4-10-24/h2-7,9-13,15,17-19,21,31,39H,8,14,16,20,22-23,35H2. The van der Waals surface area contributed by atoms with Gasteiger partial charge in [-0.25, -0.2) is 9.64 Å². The fourth-order valence-corrected chi connectivity index (χ4v) is 5.38. The molecule has 0 spiro atoms. The average Bonchev–Trinajstić information content (AvgIpc) is 3.54. The van der Waals surface area contributed by atoms with Crippen LogP contribution in [0.4, 0.5) is 5.69 Å². The summed E-state index contributed by atoms with van der Waals surface area (Å²) < 4.78 is 5.64. The molecule has 212 valence electrons. The van der Waals surface area contributed by atoms with Crippen molar-refractivity contribution in [3.05, 3.63) is 131 Å². The molecule has 0 bridgehead atoms. The zero-order chi connectivity index (χ0) is 29.5. The van der Waals surface area contributed by atoms with Gasteiger partial charge in [-0.15, -0.1) is 0 Å². The summed E-state index contributed by atoms with van der Waals surface area (Å²) in [7, 11) is 0. The third-order valence-electron chi connectivity index (χ3n) is 7.54. The minimum Gasteiger partial charge on any atom is -0.460 e. The quantitative estimate of drug-likeness (QED) is 0.211. The van der Waals surface area contributed by atoms with Gasteiger partial charge in [0.05, 0.1) is 30.3 Å². The van der Waals surface area contributed by atoms with E-state index < -0.39 is 11.5 Å². The van der Waals surface area contributed by atoms with Crippen molar-refractivity contribution in [1.82, 2.24) is 9.88 Å². The number of aromatic nitrogens is 1. The Balaban J connectivity index is 1.46. The second-order valence-electron chi connectivity index (χ2n) is 10.6. The number of hydrogen-bond acceptors (Lipinski definition) is 6. The van der Waals surface area contributed by atoms with Crippen molar-refractivity contribution < 1.29 is 19.4 Å². The number of esters is 1. The topological polar surface area (TPSA) is 110 Å². The molecular formula is C34H32N4O4. The predicted octanol–water partition coefficient (Wildman–Crippen LogP) is 5.37. The number of amides is 1. The van der Waals surface area contributed by atoms with E-state index >= 15 is 0 Å². The van der Waals surface area contributed by atoms with Gasteiger partial charge >= 0.3 is 5.97 Å². The van der Waals surface area contributed by atoms with Crippen molar-refractivity contribution in [2.24, 2.45) is 5.73 Å². The van der Waals surface area contributed by atoms with Crippen LogP contribution in [0.2, 0.25) is 0 Å². The van der Waals surface area contributed by atoms with E-state index in [0.717, 1.165) is 24.0 Å². The number of carbonyl (C=O) groups excluding carboxylic acids is 2. The first-order valence-corrected chi connectivity index (χ1v) is 13.8. The molecule has 1 saturated heterocycles. The maximum Gasteiger partial charge on any atom is 0.338 e. The highest BCUT2D eigenvalue weighted by Crippen LogP contribution is 2.35. The number of carbonyl (C=O) groups is 2. The molecular weight excluding hydrogens is 528 g/mol. The zero-order valence-corrected chi connectivity index (χ0v) is 23.1. The number of likely N-dealkylation sites (tertiary alicyclic amines) is 1. The van der Waals surface area contributed by atoms with E-state index in [0.29, 0.717) is 35.3 Å². The molecule has 1 aliphatic heterocycles. The molecule has 2 unspecified atom stereocenters. The molecule has 3 N–H and O–H groups in total. The monoisotopic (exact) mass is 560 g/mol. The van der Waals surface area contributed by atoms with Gasteiger partial charge in [0.25, 0.3) is 5.91 Å². The van der Waals surface area contributed by atoms with Crippen LogP contribution in [0.3, 0.4) is 0 Å². The van der Waals surface area contributed by atoms with Gasteiger partial charge in [-0.1, -0.05) is 60.7 Å². The molecule has 8 heteroatoms. The van der Waals surface area contributed by atoms with Crippen molar-refractivity contribution in [2.45, 2.75) is 30.8 Å². The number of ether oxygens (including phenoxy) is 1. The van der Waals surface area contributed by atoms with Crippen LogP contribution in [0.5, 0.6) is 0 Å². The summed E-state index contributed by atoms with van der Waals surface area (Å²) >= 11 is 0. The van der Waals surface area contributed by atoms with Gasteiger partial charge in [0.1, 0.15) is 6.61 Å². The van der Waals surface area contributed by atoms with Crippen LogP contribution >= 0.6 is 0 Å². The van der Waals surface area contributed by atoms with Crippen molar-refractivity contribution in [3.8, 4) is 11.1 Å². The number of para-hydroxylation sites is 1. The number of pyridine rings is 1. The Morgan fingerprint density at radius 1 is 1.05 bits per heavy atom.